The van der Waals surface area contributed by atoms with Crippen LogP contribution in [0.3, 0.4) is 0 Å². The number of likely N-dealkylation sites (tertiary alicyclic amines) is 1. The van der Waals surface area contributed by atoms with E-state index in [2.05, 4.69) is 10.3 Å². The molecule has 2 aliphatic heterocycles. The number of aliphatic imine (C=N–C) groups is 1. The SMILES string of the molecule is O=C1CCCN1C1=NC=CC=CN1. The minimum absolute atomic E-state index is 0.148. The molecule has 0 radical (unpaired) electrons. The molecule has 0 aromatic rings. The zero-order valence-corrected chi connectivity index (χ0v) is 7.23. The minimum atomic E-state index is 0.148. The van der Waals surface area contributed by atoms with Crippen LogP contribution in [0.4, 0.5) is 0 Å². The zero-order valence-electron chi connectivity index (χ0n) is 7.23. The van der Waals surface area contributed by atoms with Crippen LogP contribution in [0.5, 0.6) is 0 Å². The molecule has 0 spiro atoms. The molecule has 0 atom stereocenters. The molecule has 0 bridgehead atoms. The van der Waals surface area contributed by atoms with Crippen LogP contribution in [0, 0.1) is 0 Å². The predicted molar refractivity (Wildman–Crippen MR) is 49.8 cm³/mol. The molecule has 68 valence electrons. The summed E-state index contributed by atoms with van der Waals surface area (Å²) < 4.78 is 0. The van der Waals surface area contributed by atoms with Gasteiger partial charge in [0.25, 0.3) is 0 Å². The van der Waals surface area contributed by atoms with Crippen LogP contribution in [0.15, 0.2) is 29.5 Å². The van der Waals surface area contributed by atoms with Gasteiger partial charge in [-0.05, 0) is 18.6 Å². The quantitative estimate of drug-likeness (QED) is 0.588. The highest BCUT2D eigenvalue weighted by molar-refractivity contribution is 5.99. The first-order chi connectivity index (χ1) is 6.38. The molecule has 2 aliphatic rings. The summed E-state index contributed by atoms with van der Waals surface area (Å²) in [5, 5.41) is 2.97. The molecule has 0 aliphatic carbocycles. The van der Waals surface area contributed by atoms with Gasteiger partial charge >= 0.3 is 0 Å². The largest absolute Gasteiger partial charge is 0.332 e. The Morgan fingerprint density at radius 2 is 2.38 bits per heavy atom. The number of carbonyl (C=O) groups is 1. The summed E-state index contributed by atoms with van der Waals surface area (Å²) in [5.74, 6) is 0.780. The fourth-order valence-corrected chi connectivity index (χ4v) is 1.40. The van der Waals surface area contributed by atoms with E-state index in [0.717, 1.165) is 13.0 Å². The number of hydrogen-bond acceptors (Lipinski definition) is 3. The molecule has 4 heteroatoms. The molecule has 0 aromatic carbocycles. The standard InChI is InChI=1S/C9H11N3O/c13-8-4-3-7-12(8)9-10-5-1-2-6-11-9/h1-2,5-6H,3-4,7H2,(H,10,11). The fourth-order valence-electron chi connectivity index (χ4n) is 1.40. The third-order valence-corrected chi connectivity index (χ3v) is 2.03. The summed E-state index contributed by atoms with van der Waals surface area (Å²) in [7, 11) is 0. The van der Waals surface area contributed by atoms with Gasteiger partial charge in [-0.15, -0.1) is 0 Å². The van der Waals surface area contributed by atoms with Crippen molar-refractivity contribution in [1.82, 2.24) is 10.2 Å². The number of nitrogens with zero attached hydrogens (tertiary/aromatic N) is 2. The van der Waals surface area contributed by atoms with Crippen molar-refractivity contribution in [3.05, 3.63) is 24.6 Å². The van der Waals surface area contributed by atoms with Crippen LogP contribution in [0.25, 0.3) is 0 Å². The van der Waals surface area contributed by atoms with Crippen molar-refractivity contribution in [2.75, 3.05) is 6.54 Å². The summed E-state index contributed by atoms with van der Waals surface area (Å²) in [6, 6.07) is 0. The first-order valence-electron chi connectivity index (χ1n) is 4.34. The molecule has 1 amide bonds. The van der Waals surface area contributed by atoms with E-state index in [1.807, 2.05) is 12.2 Å². The summed E-state index contributed by atoms with van der Waals surface area (Å²) in [5.41, 5.74) is 0. The minimum Gasteiger partial charge on any atom is -0.332 e. The highest BCUT2D eigenvalue weighted by Gasteiger charge is 2.24. The third kappa shape index (κ3) is 1.61. The molecular weight excluding hydrogens is 166 g/mol. The molecule has 2 heterocycles. The number of hydrogen-bond donors (Lipinski definition) is 1. The van der Waals surface area contributed by atoms with E-state index < -0.39 is 0 Å². The van der Waals surface area contributed by atoms with E-state index in [1.165, 1.54) is 0 Å². The van der Waals surface area contributed by atoms with Crippen molar-refractivity contribution in [2.45, 2.75) is 12.8 Å². The van der Waals surface area contributed by atoms with Gasteiger partial charge in [0.1, 0.15) is 0 Å². The average molecular weight is 177 g/mol. The Morgan fingerprint density at radius 3 is 3.15 bits per heavy atom. The van der Waals surface area contributed by atoms with E-state index >= 15 is 0 Å². The smallest absolute Gasteiger partial charge is 0.229 e. The van der Waals surface area contributed by atoms with Crippen molar-refractivity contribution in [2.24, 2.45) is 4.99 Å². The first-order valence-corrected chi connectivity index (χ1v) is 4.34. The Hall–Kier alpha value is -1.58. The molecule has 2 rings (SSSR count). The Morgan fingerprint density at radius 1 is 1.46 bits per heavy atom. The molecule has 0 unspecified atom stereocenters. The molecule has 0 aromatic heterocycles. The monoisotopic (exact) mass is 177 g/mol. The summed E-state index contributed by atoms with van der Waals surface area (Å²) >= 11 is 0. The van der Waals surface area contributed by atoms with Crippen LogP contribution in [0.2, 0.25) is 0 Å². The third-order valence-electron chi connectivity index (χ3n) is 2.03. The topological polar surface area (TPSA) is 44.7 Å². The van der Waals surface area contributed by atoms with Crippen LogP contribution < -0.4 is 5.32 Å². The highest BCUT2D eigenvalue weighted by atomic mass is 16.2. The maximum Gasteiger partial charge on any atom is 0.229 e. The number of amides is 1. The fraction of sp³-hybridized carbons (Fsp3) is 0.333. The van der Waals surface area contributed by atoms with Crippen molar-refractivity contribution in [3.63, 3.8) is 0 Å². The van der Waals surface area contributed by atoms with E-state index in [-0.39, 0.29) is 5.91 Å². The lowest BCUT2D eigenvalue weighted by Crippen LogP contribution is -2.39. The lowest BCUT2D eigenvalue weighted by atomic mass is 10.4. The lowest BCUT2D eigenvalue weighted by molar-refractivity contribution is -0.124. The molecule has 13 heavy (non-hydrogen) atoms. The van der Waals surface area contributed by atoms with Gasteiger partial charge in [0, 0.05) is 25.4 Å². The van der Waals surface area contributed by atoms with Crippen molar-refractivity contribution >= 4 is 11.9 Å². The van der Waals surface area contributed by atoms with Crippen molar-refractivity contribution < 1.29 is 4.79 Å². The predicted octanol–water partition coefficient (Wildman–Crippen LogP) is 0.595. The molecule has 0 saturated carbocycles. The number of rotatable bonds is 0. The molecule has 1 N–H and O–H groups in total. The lowest BCUT2D eigenvalue weighted by Gasteiger charge is -2.16. The van der Waals surface area contributed by atoms with Crippen LogP contribution >= 0.6 is 0 Å². The van der Waals surface area contributed by atoms with Crippen molar-refractivity contribution in [1.29, 1.82) is 0 Å². The van der Waals surface area contributed by atoms with Crippen molar-refractivity contribution in [3.8, 4) is 0 Å². The second-order valence-electron chi connectivity index (χ2n) is 2.95. The summed E-state index contributed by atoms with van der Waals surface area (Å²) in [6.45, 7) is 0.770. The number of guanidine groups is 1. The number of allylic oxidation sites excluding steroid dienone is 2. The summed E-state index contributed by atoms with van der Waals surface area (Å²) in [6.07, 6.45) is 8.67. The van der Waals surface area contributed by atoms with Gasteiger partial charge in [-0.3, -0.25) is 9.69 Å². The van der Waals surface area contributed by atoms with Gasteiger partial charge in [-0.2, -0.15) is 0 Å². The van der Waals surface area contributed by atoms with Crippen LogP contribution in [0.1, 0.15) is 12.8 Å². The molecule has 1 fully saturated rings. The first kappa shape index (κ1) is 8.04. The maximum absolute atomic E-state index is 11.3. The normalized spacial score (nSPS) is 21.4. The Kier molecular flexibility index (Phi) is 2.12. The van der Waals surface area contributed by atoms with Crippen LogP contribution in [-0.2, 0) is 4.79 Å². The van der Waals surface area contributed by atoms with Gasteiger partial charge < -0.3 is 5.32 Å². The molecular formula is C9H11N3O. The molecule has 4 nitrogen and oxygen atoms in total. The Balaban J connectivity index is 2.15. The van der Waals surface area contributed by atoms with Gasteiger partial charge in [-0.25, -0.2) is 4.99 Å². The Bertz CT molecular complexity index is 304. The zero-order chi connectivity index (χ0) is 9.10. The van der Waals surface area contributed by atoms with E-state index in [0.29, 0.717) is 12.4 Å². The second-order valence-corrected chi connectivity index (χ2v) is 2.95. The van der Waals surface area contributed by atoms with E-state index in [4.69, 9.17) is 0 Å². The Labute approximate surface area is 76.6 Å². The summed E-state index contributed by atoms with van der Waals surface area (Å²) in [4.78, 5) is 17.1. The van der Waals surface area contributed by atoms with E-state index in [1.54, 1.807) is 17.3 Å². The number of carbonyl (C=O) groups excluding carboxylic acids is 1. The van der Waals surface area contributed by atoms with Gasteiger partial charge in [0.2, 0.25) is 11.9 Å². The van der Waals surface area contributed by atoms with Gasteiger partial charge in [0.15, 0.2) is 0 Å². The second kappa shape index (κ2) is 3.43. The van der Waals surface area contributed by atoms with Crippen LogP contribution in [-0.4, -0.2) is 23.3 Å². The highest BCUT2D eigenvalue weighted by Crippen LogP contribution is 2.10. The van der Waals surface area contributed by atoms with Gasteiger partial charge in [-0.1, -0.05) is 0 Å². The average Bonchev–Trinajstić information content (AvgIpc) is 2.43. The van der Waals surface area contributed by atoms with E-state index in [9.17, 15) is 4.79 Å². The maximum atomic E-state index is 11.3. The number of nitrogens with one attached hydrogen (secondary N) is 1. The van der Waals surface area contributed by atoms with Gasteiger partial charge in [0.05, 0.1) is 0 Å². The molecule has 1 saturated heterocycles.